The number of ether oxygens (including phenoxy) is 2. The second-order valence-electron chi connectivity index (χ2n) is 7.64. The summed E-state index contributed by atoms with van der Waals surface area (Å²) in [7, 11) is 0. The van der Waals surface area contributed by atoms with Gasteiger partial charge in [0.2, 0.25) is 5.60 Å². The average Bonchev–Trinajstić information content (AvgIpc) is 3.23. The molecule has 0 amide bonds. The summed E-state index contributed by atoms with van der Waals surface area (Å²) in [5, 5.41) is 33.3. The number of ketones is 3. The summed E-state index contributed by atoms with van der Waals surface area (Å²) in [6.07, 6.45) is -2.12. The summed E-state index contributed by atoms with van der Waals surface area (Å²) >= 11 is 0. The maximum atomic E-state index is 12.8. The van der Waals surface area contributed by atoms with Crippen LogP contribution in [0, 0.1) is 0 Å². The second kappa shape index (κ2) is 8.59. The number of aromatic nitrogens is 4. The number of aliphatic hydroxyl groups is 3. The Bertz CT molecular complexity index is 1150. The van der Waals surface area contributed by atoms with Crippen molar-refractivity contribution in [1.29, 1.82) is 0 Å². The van der Waals surface area contributed by atoms with Crippen LogP contribution in [0.4, 0.5) is 5.82 Å². The number of nitrogens with two attached hydrogens (primary N) is 1. The van der Waals surface area contributed by atoms with Gasteiger partial charge < -0.3 is 30.5 Å². The summed E-state index contributed by atoms with van der Waals surface area (Å²) in [6.45, 7) is 4.91. The summed E-state index contributed by atoms with van der Waals surface area (Å²) in [5.41, 5.74) is 0.0379. The average molecular weight is 463 g/mol. The topological polar surface area (TPSA) is 200 Å². The van der Waals surface area contributed by atoms with E-state index in [-0.39, 0.29) is 22.8 Å². The predicted octanol–water partition coefficient (Wildman–Crippen LogP) is -1.10. The van der Waals surface area contributed by atoms with E-state index in [2.05, 4.69) is 15.0 Å². The van der Waals surface area contributed by atoms with Crippen molar-refractivity contribution in [1.82, 2.24) is 19.5 Å². The number of nitrogen functional groups attached to an aromatic ring is 1. The van der Waals surface area contributed by atoms with E-state index >= 15 is 0 Å². The first kappa shape index (κ1) is 24.4. The highest BCUT2D eigenvalue weighted by Gasteiger charge is 2.73. The predicted molar refractivity (Wildman–Crippen MR) is 112 cm³/mol. The lowest BCUT2D eigenvalue weighted by Gasteiger charge is -2.38. The van der Waals surface area contributed by atoms with Crippen molar-refractivity contribution < 1.29 is 39.2 Å². The molecule has 0 radical (unpaired) electrons. The van der Waals surface area contributed by atoms with Crippen molar-refractivity contribution in [2.75, 3.05) is 12.3 Å². The van der Waals surface area contributed by atoms with E-state index in [1.165, 1.54) is 12.3 Å². The Labute approximate surface area is 187 Å². The third kappa shape index (κ3) is 3.49. The first-order valence-corrected chi connectivity index (χ1v) is 10.00. The third-order valence-corrected chi connectivity index (χ3v) is 5.65. The Morgan fingerprint density at radius 2 is 1.88 bits per heavy atom. The van der Waals surface area contributed by atoms with Gasteiger partial charge in [0.05, 0.1) is 12.9 Å². The number of nitrogens with zero attached hydrogens (tertiary/aromatic N) is 4. The molecule has 3 rings (SSSR count). The van der Waals surface area contributed by atoms with Gasteiger partial charge in [-0.15, -0.1) is 0 Å². The number of Topliss-reactive ketones (excluding diaryl/α,β-unsaturated/α-hetero) is 3. The van der Waals surface area contributed by atoms with Gasteiger partial charge in [-0.05, 0) is 27.7 Å². The van der Waals surface area contributed by atoms with Crippen molar-refractivity contribution in [3.8, 4) is 0 Å². The zero-order valence-corrected chi connectivity index (χ0v) is 18.4. The van der Waals surface area contributed by atoms with Gasteiger partial charge in [-0.1, -0.05) is 0 Å². The minimum Gasteiger partial charge on any atom is -0.501 e. The van der Waals surface area contributed by atoms with Gasteiger partial charge >= 0.3 is 0 Å². The monoisotopic (exact) mass is 463 g/mol. The molecule has 1 saturated heterocycles. The molecule has 1 aliphatic heterocycles. The minimum absolute atomic E-state index is 0.00723. The van der Waals surface area contributed by atoms with Gasteiger partial charge in [-0.2, -0.15) is 0 Å². The molecule has 1 fully saturated rings. The summed E-state index contributed by atoms with van der Waals surface area (Å²) in [5.74, 6) is -3.04. The van der Waals surface area contributed by atoms with Gasteiger partial charge in [-0.25, -0.2) is 15.0 Å². The smallest absolute Gasteiger partial charge is 0.206 e. The van der Waals surface area contributed by atoms with Crippen molar-refractivity contribution in [3.05, 3.63) is 18.4 Å². The highest BCUT2D eigenvalue weighted by Crippen LogP contribution is 2.49. The van der Waals surface area contributed by atoms with E-state index in [0.717, 1.165) is 31.7 Å². The van der Waals surface area contributed by atoms with Crippen LogP contribution < -0.4 is 5.73 Å². The van der Waals surface area contributed by atoms with Gasteiger partial charge in [0.1, 0.15) is 24.4 Å². The molecule has 0 aromatic carbocycles. The van der Waals surface area contributed by atoms with E-state index < -0.39 is 47.0 Å². The maximum absolute atomic E-state index is 12.8. The molecule has 1 unspecified atom stereocenters. The lowest BCUT2D eigenvalue weighted by Crippen LogP contribution is -2.67. The van der Waals surface area contributed by atoms with Crippen LogP contribution in [-0.2, 0) is 23.9 Å². The molecule has 5 N–H and O–H groups in total. The molecule has 33 heavy (non-hydrogen) atoms. The van der Waals surface area contributed by atoms with Crippen LogP contribution in [-0.4, -0.2) is 82.2 Å². The molecule has 0 bridgehead atoms. The molecular weight excluding hydrogens is 438 g/mol. The molecule has 13 heteroatoms. The molecule has 5 atom stereocenters. The Morgan fingerprint density at radius 3 is 2.42 bits per heavy atom. The van der Waals surface area contributed by atoms with Crippen LogP contribution in [0.3, 0.4) is 0 Å². The summed E-state index contributed by atoms with van der Waals surface area (Å²) in [4.78, 5) is 49.5. The molecule has 2 aromatic rings. The number of carbonyl (C=O) groups excluding carboxylic acids is 3. The normalized spacial score (nSPS) is 28.3. The summed E-state index contributed by atoms with van der Waals surface area (Å²) in [6, 6.07) is 0. The Morgan fingerprint density at radius 1 is 1.24 bits per heavy atom. The van der Waals surface area contributed by atoms with Crippen LogP contribution in [0.1, 0.15) is 39.7 Å². The lowest BCUT2D eigenvalue weighted by molar-refractivity contribution is -0.184. The van der Waals surface area contributed by atoms with Crippen LogP contribution in [0.5, 0.6) is 0 Å². The minimum atomic E-state index is -2.98. The second-order valence-corrected chi connectivity index (χ2v) is 7.64. The highest BCUT2D eigenvalue weighted by molar-refractivity contribution is 6.00. The van der Waals surface area contributed by atoms with E-state index in [1.54, 1.807) is 6.92 Å². The maximum Gasteiger partial charge on any atom is 0.206 e. The van der Waals surface area contributed by atoms with E-state index in [0.29, 0.717) is 6.61 Å². The number of aliphatic hydroxyl groups excluding tert-OH is 1. The number of hydrogen-bond acceptors (Lipinski definition) is 12. The molecule has 0 aliphatic carbocycles. The number of rotatable bonds is 8. The first-order chi connectivity index (χ1) is 15.4. The standard InChI is InChI=1S/C20H25N5O8/c1-5-32-7-6-12-24-13-16(21)22-8-23-17(13)25(12)18-20(31,11(4)28)19(30,10(3)27)15(33-18)14(29)9(2)26/h6-8,14-15,18,29-31H,5H2,1-4H3,(H2,21,22,23)/t14?,15-,18-,19-,20+/m1/s1. The first-order valence-electron chi connectivity index (χ1n) is 10.00. The molecule has 178 valence electrons. The number of carbonyl (C=O) groups is 3. The van der Waals surface area contributed by atoms with Crippen molar-refractivity contribution in [2.45, 2.75) is 57.3 Å². The molecule has 1 aliphatic rings. The van der Waals surface area contributed by atoms with E-state index in [4.69, 9.17) is 15.2 Å². The fourth-order valence-electron chi connectivity index (χ4n) is 3.91. The molecule has 13 nitrogen and oxygen atoms in total. The Hall–Kier alpha value is -3.26. The van der Waals surface area contributed by atoms with Gasteiger partial charge in [0.15, 0.2) is 46.2 Å². The molecule has 0 saturated carbocycles. The number of imidazole rings is 1. The van der Waals surface area contributed by atoms with Gasteiger partial charge in [-0.3, -0.25) is 19.0 Å². The third-order valence-electron chi connectivity index (χ3n) is 5.65. The zero-order valence-electron chi connectivity index (χ0n) is 18.4. The van der Waals surface area contributed by atoms with Crippen molar-refractivity contribution >= 4 is 40.4 Å². The Kier molecular flexibility index (Phi) is 6.35. The van der Waals surface area contributed by atoms with Crippen molar-refractivity contribution in [2.24, 2.45) is 0 Å². The fourth-order valence-corrected chi connectivity index (χ4v) is 3.91. The number of hydrogen-bond donors (Lipinski definition) is 4. The quantitative estimate of drug-likeness (QED) is 0.345. The largest absolute Gasteiger partial charge is 0.501 e. The molecule has 0 spiro atoms. The highest BCUT2D eigenvalue weighted by atomic mass is 16.6. The van der Waals surface area contributed by atoms with Gasteiger partial charge in [0.25, 0.3) is 0 Å². The van der Waals surface area contributed by atoms with Gasteiger partial charge in [0, 0.05) is 6.08 Å². The number of fused-ring (bicyclic) bond motifs is 1. The van der Waals surface area contributed by atoms with Crippen molar-refractivity contribution in [3.63, 3.8) is 0 Å². The van der Waals surface area contributed by atoms with Crippen LogP contribution in [0.2, 0.25) is 0 Å². The van der Waals surface area contributed by atoms with E-state index in [9.17, 15) is 29.7 Å². The summed E-state index contributed by atoms with van der Waals surface area (Å²) < 4.78 is 12.0. The van der Waals surface area contributed by atoms with Crippen LogP contribution in [0.15, 0.2) is 12.6 Å². The van der Waals surface area contributed by atoms with Crippen LogP contribution in [0.25, 0.3) is 17.2 Å². The Balaban J connectivity index is 2.36. The fraction of sp³-hybridized carbons (Fsp3) is 0.500. The molecule has 3 heterocycles. The SMILES string of the molecule is CCOC=Cc1nc2c(N)ncnc2n1[C@@H]1O[C@H](C(O)C(C)=O)[C@](O)(C(C)=O)[C@]1(O)C(C)=O. The van der Waals surface area contributed by atoms with Crippen LogP contribution >= 0.6 is 0 Å². The zero-order chi connectivity index (χ0) is 24.7. The molecule has 2 aromatic heterocycles. The lowest BCUT2D eigenvalue weighted by atomic mass is 9.73. The number of anilines is 1. The molecular formula is C20H25N5O8. The van der Waals surface area contributed by atoms with E-state index in [1.807, 2.05) is 0 Å².